The Kier molecular flexibility index (Phi) is 7.92. The van der Waals surface area contributed by atoms with Gasteiger partial charge in [-0.05, 0) is 42.4 Å². The van der Waals surface area contributed by atoms with Crippen LogP contribution < -0.4 is 0 Å². The molecule has 1 aromatic rings. The van der Waals surface area contributed by atoms with E-state index in [0.29, 0.717) is 12.3 Å². The molecule has 4 atom stereocenters. The first-order valence-corrected chi connectivity index (χ1v) is 9.20. The quantitative estimate of drug-likeness (QED) is 0.544. The summed E-state index contributed by atoms with van der Waals surface area (Å²) >= 11 is 0. The fourth-order valence-corrected chi connectivity index (χ4v) is 4.62. The van der Waals surface area contributed by atoms with Crippen molar-refractivity contribution in [1.29, 1.82) is 0 Å². The minimum Gasteiger partial charge on any atom is -0.392 e. The van der Waals surface area contributed by atoms with E-state index in [9.17, 15) is 5.11 Å². The summed E-state index contributed by atoms with van der Waals surface area (Å²) in [7, 11) is 0. The van der Waals surface area contributed by atoms with Crippen molar-refractivity contribution in [1.82, 2.24) is 0 Å². The minimum absolute atomic E-state index is 0. The van der Waals surface area contributed by atoms with Crippen LogP contribution in [0.1, 0.15) is 67.6 Å². The first-order valence-electron chi connectivity index (χ1n) is 9.20. The van der Waals surface area contributed by atoms with E-state index in [1.807, 2.05) is 0 Å². The van der Waals surface area contributed by atoms with Crippen molar-refractivity contribution in [2.45, 2.75) is 75.9 Å². The van der Waals surface area contributed by atoms with E-state index < -0.39 is 0 Å². The topological polar surface area (TPSA) is 24.6 Å². The average Bonchev–Trinajstić information content (AvgIpc) is 3.14. The first-order chi connectivity index (χ1) is 11.2. The third kappa shape index (κ3) is 4.30. The molecular formula is C21H28NOY-. The van der Waals surface area contributed by atoms with Gasteiger partial charge in [0.25, 0.3) is 0 Å². The number of fused-ring (bicyclic) bond motifs is 1. The van der Waals surface area contributed by atoms with E-state index in [0.717, 1.165) is 19.3 Å². The second-order valence-electron chi connectivity index (χ2n) is 7.27. The summed E-state index contributed by atoms with van der Waals surface area (Å²) < 4.78 is 0. The SMILES string of the molecule is [C-]#[N+][C@@H]1C[C@@H](O)C(c2ccc3c(c2)CCC3)C1CCCCC[CH2-].[Y]. The second-order valence-corrected chi connectivity index (χ2v) is 7.27. The third-order valence-electron chi connectivity index (χ3n) is 5.81. The van der Waals surface area contributed by atoms with Crippen LogP contribution in [0, 0.1) is 19.4 Å². The standard InChI is InChI=1S/C21H28NO.Y/c1-3-4-5-6-10-18-19(22-2)14-20(23)21(18)17-12-11-15-8-7-9-16(15)13-17;/h11-13,18-21,23H,1,3-10,14H2;/q-1;/t18?,19-,20-,21?;/m1./s1. The van der Waals surface area contributed by atoms with Crippen molar-refractivity contribution in [2.24, 2.45) is 5.92 Å². The Hall–Kier alpha value is -0.226. The molecule has 2 unspecified atom stereocenters. The molecule has 0 aliphatic heterocycles. The zero-order valence-corrected chi connectivity index (χ0v) is 17.4. The predicted octanol–water partition coefficient (Wildman–Crippen LogP) is 4.71. The van der Waals surface area contributed by atoms with E-state index in [1.165, 1.54) is 48.8 Å². The van der Waals surface area contributed by atoms with Crippen molar-refractivity contribution < 1.29 is 37.8 Å². The van der Waals surface area contributed by atoms with Crippen LogP contribution in [0.2, 0.25) is 0 Å². The van der Waals surface area contributed by atoms with Crippen LogP contribution in [0.5, 0.6) is 0 Å². The van der Waals surface area contributed by atoms with Crippen LogP contribution in [-0.4, -0.2) is 17.3 Å². The van der Waals surface area contributed by atoms with E-state index in [4.69, 9.17) is 6.57 Å². The number of rotatable bonds is 6. The molecule has 0 saturated heterocycles. The van der Waals surface area contributed by atoms with Gasteiger partial charge in [-0.15, -0.1) is 0 Å². The van der Waals surface area contributed by atoms with E-state index in [2.05, 4.69) is 30.0 Å². The summed E-state index contributed by atoms with van der Waals surface area (Å²) in [5, 5.41) is 10.6. The number of benzene rings is 1. The monoisotopic (exact) mass is 399 g/mol. The normalized spacial score (nSPS) is 28.2. The zero-order valence-electron chi connectivity index (χ0n) is 14.6. The number of hydrogen-bond acceptors (Lipinski definition) is 1. The van der Waals surface area contributed by atoms with Crippen molar-refractivity contribution in [3.05, 3.63) is 53.2 Å². The summed E-state index contributed by atoms with van der Waals surface area (Å²) in [6.07, 6.45) is 9.48. The Morgan fingerprint density at radius 2 is 1.96 bits per heavy atom. The summed E-state index contributed by atoms with van der Waals surface area (Å²) in [4.78, 5) is 3.84. The molecule has 1 aromatic carbocycles. The van der Waals surface area contributed by atoms with Gasteiger partial charge in [0.15, 0.2) is 0 Å². The molecule has 0 bridgehead atoms. The second kappa shape index (κ2) is 9.47. The number of hydrogen-bond donors (Lipinski definition) is 1. The predicted molar refractivity (Wildman–Crippen MR) is 94.2 cm³/mol. The summed E-state index contributed by atoms with van der Waals surface area (Å²) in [6, 6.07) is 6.79. The molecule has 0 spiro atoms. The Morgan fingerprint density at radius 3 is 2.71 bits per heavy atom. The van der Waals surface area contributed by atoms with Gasteiger partial charge >= 0.3 is 0 Å². The van der Waals surface area contributed by atoms with E-state index in [1.54, 1.807) is 0 Å². The third-order valence-corrected chi connectivity index (χ3v) is 5.81. The molecule has 1 saturated carbocycles. The van der Waals surface area contributed by atoms with Crippen LogP contribution >= 0.6 is 0 Å². The van der Waals surface area contributed by atoms with Crippen molar-refractivity contribution in [3.8, 4) is 0 Å². The van der Waals surface area contributed by atoms with Crippen molar-refractivity contribution in [3.63, 3.8) is 0 Å². The van der Waals surface area contributed by atoms with Gasteiger partial charge in [-0.2, -0.15) is 6.42 Å². The smallest absolute Gasteiger partial charge is 0.229 e. The molecule has 2 aliphatic carbocycles. The zero-order chi connectivity index (χ0) is 16.2. The molecule has 1 fully saturated rings. The van der Waals surface area contributed by atoms with Crippen LogP contribution in [0.3, 0.4) is 0 Å². The molecule has 3 heteroatoms. The molecule has 24 heavy (non-hydrogen) atoms. The first kappa shape index (κ1) is 20.1. The summed E-state index contributed by atoms with van der Waals surface area (Å²) in [6.45, 7) is 11.4. The maximum Gasteiger partial charge on any atom is 0.229 e. The molecule has 3 rings (SSSR count). The Labute approximate surface area is 172 Å². The molecule has 1 N–H and O–H groups in total. The van der Waals surface area contributed by atoms with Crippen molar-refractivity contribution >= 4 is 0 Å². The molecule has 127 valence electrons. The van der Waals surface area contributed by atoms with E-state index in [-0.39, 0.29) is 50.8 Å². The Morgan fingerprint density at radius 1 is 1.17 bits per heavy atom. The van der Waals surface area contributed by atoms with Gasteiger partial charge in [-0.1, -0.05) is 37.5 Å². The molecule has 0 amide bonds. The summed E-state index contributed by atoms with van der Waals surface area (Å²) in [5.74, 6) is 0.464. The number of aryl methyl sites for hydroxylation is 2. The molecule has 0 aromatic heterocycles. The van der Waals surface area contributed by atoms with Crippen LogP contribution in [0.15, 0.2) is 18.2 Å². The summed E-state index contributed by atoms with van der Waals surface area (Å²) in [5.41, 5.74) is 4.22. The van der Waals surface area contributed by atoms with Crippen LogP contribution in [0.4, 0.5) is 0 Å². The molecular weight excluding hydrogens is 371 g/mol. The number of unbranched alkanes of at least 4 members (excludes halogenated alkanes) is 3. The van der Waals surface area contributed by atoms with Gasteiger partial charge in [0.1, 0.15) is 0 Å². The molecule has 0 heterocycles. The van der Waals surface area contributed by atoms with Gasteiger partial charge in [-0.25, -0.2) is 6.57 Å². The Balaban J connectivity index is 0.00000208. The number of aliphatic hydroxyl groups excluding tert-OH is 1. The van der Waals surface area contributed by atoms with E-state index >= 15 is 0 Å². The fraction of sp³-hybridized carbons (Fsp3) is 0.619. The van der Waals surface area contributed by atoms with Gasteiger partial charge in [-0.3, -0.25) is 0 Å². The number of aliphatic hydroxyl groups is 1. The minimum atomic E-state index is -0.355. The van der Waals surface area contributed by atoms with Crippen LogP contribution in [0.25, 0.3) is 4.85 Å². The van der Waals surface area contributed by atoms with Crippen LogP contribution in [-0.2, 0) is 45.6 Å². The molecule has 2 aliphatic rings. The number of nitrogens with zero attached hydrogens (tertiary/aromatic N) is 1. The molecule has 1 radical (unpaired) electrons. The van der Waals surface area contributed by atoms with Gasteiger partial charge < -0.3 is 16.9 Å². The molecule has 2 nitrogen and oxygen atoms in total. The Bertz CT molecular complexity index is 580. The fourth-order valence-electron chi connectivity index (χ4n) is 4.62. The maximum atomic E-state index is 10.6. The average molecular weight is 399 g/mol. The maximum absolute atomic E-state index is 10.6. The van der Waals surface area contributed by atoms with Crippen molar-refractivity contribution in [2.75, 3.05) is 0 Å². The van der Waals surface area contributed by atoms with Gasteiger partial charge in [0.05, 0.1) is 6.10 Å². The largest absolute Gasteiger partial charge is 0.392 e. The van der Waals surface area contributed by atoms with Gasteiger partial charge in [0, 0.05) is 51.0 Å². The van der Waals surface area contributed by atoms with Gasteiger partial charge in [0.2, 0.25) is 6.04 Å².